The van der Waals surface area contributed by atoms with E-state index in [0.717, 1.165) is 55.2 Å². The Labute approximate surface area is 194 Å². The molecule has 1 saturated carbocycles. The molecule has 0 saturated heterocycles. The van der Waals surface area contributed by atoms with Gasteiger partial charge in [0.05, 0.1) is 22.3 Å². The van der Waals surface area contributed by atoms with Crippen molar-refractivity contribution in [1.82, 2.24) is 20.5 Å². The van der Waals surface area contributed by atoms with E-state index >= 15 is 0 Å². The van der Waals surface area contributed by atoms with Crippen molar-refractivity contribution < 1.29 is 18.0 Å². The molecule has 1 amide bonds. The number of carbonyl (C=O) groups excluding carboxylic acids is 1. The lowest BCUT2D eigenvalue weighted by atomic mass is 9.86. The average Bonchev–Trinajstić information content (AvgIpc) is 3.27. The van der Waals surface area contributed by atoms with E-state index in [0.29, 0.717) is 5.92 Å². The molecule has 3 aromatic rings. The number of rotatable bonds is 6. The predicted octanol–water partition coefficient (Wildman–Crippen LogP) is 5.54. The largest absolute Gasteiger partial charge is 0.417 e. The summed E-state index contributed by atoms with van der Waals surface area (Å²) in [6, 6.07) is 7.12. The number of hydrogen-bond acceptors (Lipinski definition) is 4. The van der Waals surface area contributed by atoms with Crippen LogP contribution in [0.1, 0.15) is 41.6 Å². The molecule has 1 aliphatic carbocycles. The molecule has 0 bridgehead atoms. The van der Waals surface area contributed by atoms with E-state index in [9.17, 15) is 18.0 Å². The number of benzene rings is 1. The molecule has 0 unspecified atom stereocenters. The van der Waals surface area contributed by atoms with Crippen molar-refractivity contribution in [3.8, 4) is 11.1 Å². The molecule has 1 fully saturated rings. The van der Waals surface area contributed by atoms with Gasteiger partial charge in [0.15, 0.2) is 0 Å². The maximum absolute atomic E-state index is 13.1. The molecule has 174 valence electrons. The van der Waals surface area contributed by atoms with E-state index in [4.69, 9.17) is 11.6 Å². The topological polar surface area (TPSA) is 82.7 Å². The lowest BCUT2D eigenvalue weighted by molar-refractivity contribution is -0.137. The van der Waals surface area contributed by atoms with Crippen LogP contribution in [0.2, 0.25) is 5.02 Å². The summed E-state index contributed by atoms with van der Waals surface area (Å²) in [6.07, 6.45) is 3.89. The summed E-state index contributed by atoms with van der Waals surface area (Å²) in [5, 5.41) is 12.8. The summed E-state index contributed by atoms with van der Waals surface area (Å²) in [4.78, 5) is 16.7. The lowest BCUT2D eigenvalue weighted by Crippen LogP contribution is -2.38. The first kappa shape index (κ1) is 23.1. The Balaban J connectivity index is 1.29. The molecule has 33 heavy (non-hydrogen) atoms. The van der Waals surface area contributed by atoms with Gasteiger partial charge in [-0.05, 0) is 49.8 Å². The summed E-state index contributed by atoms with van der Waals surface area (Å²) in [6.45, 7) is 0.746. The number of H-pyrrole nitrogens is 1. The van der Waals surface area contributed by atoms with Crippen LogP contribution in [-0.2, 0) is 6.18 Å². The molecule has 1 aliphatic rings. The first-order valence-electron chi connectivity index (χ1n) is 10.7. The van der Waals surface area contributed by atoms with Crippen molar-refractivity contribution in [2.45, 2.75) is 37.9 Å². The smallest absolute Gasteiger partial charge is 0.370 e. The van der Waals surface area contributed by atoms with Gasteiger partial charge in [0, 0.05) is 36.1 Å². The number of nitrogens with zero attached hydrogens (tertiary/aromatic N) is 2. The molecule has 3 N–H and O–H groups in total. The quantitative estimate of drug-likeness (QED) is 0.435. The lowest BCUT2D eigenvalue weighted by Gasteiger charge is -2.29. The maximum Gasteiger partial charge on any atom is 0.417 e. The molecular weight excluding hydrogens is 455 g/mol. The van der Waals surface area contributed by atoms with Crippen LogP contribution in [0.15, 0.2) is 48.9 Å². The third-order valence-electron chi connectivity index (χ3n) is 5.91. The molecule has 2 heterocycles. The summed E-state index contributed by atoms with van der Waals surface area (Å²) in [5.74, 6) is 0.657. The number of aromatic amines is 1. The predicted molar refractivity (Wildman–Crippen MR) is 120 cm³/mol. The SMILES string of the molecule is O=C(NC1CCC(CNc2[nH]ncc2-c2cccnc2)CC1)c1cccc(C(F)(F)F)c1Cl. The van der Waals surface area contributed by atoms with Crippen LogP contribution < -0.4 is 10.6 Å². The molecule has 6 nitrogen and oxygen atoms in total. The second-order valence-corrected chi connectivity index (χ2v) is 8.52. The third kappa shape index (κ3) is 5.47. The highest BCUT2D eigenvalue weighted by atomic mass is 35.5. The molecule has 4 rings (SSSR count). The highest BCUT2D eigenvalue weighted by Gasteiger charge is 2.35. The van der Waals surface area contributed by atoms with Gasteiger partial charge in [-0.2, -0.15) is 18.3 Å². The Morgan fingerprint density at radius 2 is 1.91 bits per heavy atom. The van der Waals surface area contributed by atoms with Gasteiger partial charge in [-0.3, -0.25) is 14.9 Å². The molecule has 0 aliphatic heterocycles. The van der Waals surface area contributed by atoms with Gasteiger partial charge in [-0.25, -0.2) is 0 Å². The standard InChI is InChI=1S/C23H23ClF3N5O/c24-20-17(4-1-5-19(20)23(25,26)27)22(33)31-16-8-6-14(7-9-16)11-29-21-18(13-30-32-21)15-3-2-10-28-12-15/h1-5,10,12-14,16H,6-9,11H2,(H,31,33)(H2,29,30,32). The Hall–Kier alpha value is -3.07. The minimum atomic E-state index is -4.61. The summed E-state index contributed by atoms with van der Waals surface area (Å²) in [7, 11) is 0. The van der Waals surface area contributed by atoms with E-state index in [1.807, 2.05) is 12.1 Å². The maximum atomic E-state index is 13.1. The van der Waals surface area contributed by atoms with Crippen LogP contribution in [0.4, 0.5) is 19.0 Å². The van der Waals surface area contributed by atoms with E-state index in [2.05, 4.69) is 25.8 Å². The highest BCUT2D eigenvalue weighted by Crippen LogP contribution is 2.36. The molecule has 0 atom stereocenters. The van der Waals surface area contributed by atoms with Crippen molar-refractivity contribution in [3.63, 3.8) is 0 Å². The number of carbonyl (C=O) groups is 1. The number of nitrogens with one attached hydrogen (secondary N) is 3. The number of amides is 1. The first-order chi connectivity index (χ1) is 15.8. The first-order valence-corrected chi connectivity index (χ1v) is 11.0. The number of hydrogen-bond donors (Lipinski definition) is 3. The number of pyridine rings is 1. The van der Waals surface area contributed by atoms with Gasteiger partial charge in [0.1, 0.15) is 5.82 Å². The van der Waals surface area contributed by atoms with Crippen LogP contribution in [0.25, 0.3) is 11.1 Å². The van der Waals surface area contributed by atoms with Gasteiger partial charge < -0.3 is 10.6 Å². The summed E-state index contributed by atoms with van der Waals surface area (Å²) >= 11 is 5.88. The van der Waals surface area contributed by atoms with Crippen LogP contribution in [0.3, 0.4) is 0 Å². The van der Waals surface area contributed by atoms with Crippen LogP contribution in [0.5, 0.6) is 0 Å². The fraction of sp³-hybridized carbons (Fsp3) is 0.348. The number of aromatic nitrogens is 3. The van der Waals surface area contributed by atoms with Gasteiger partial charge >= 0.3 is 6.18 Å². The van der Waals surface area contributed by atoms with E-state index in [-0.39, 0.29) is 11.6 Å². The molecule has 0 spiro atoms. The van der Waals surface area contributed by atoms with Crippen molar-refractivity contribution in [3.05, 3.63) is 65.1 Å². The average molecular weight is 478 g/mol. The van der Waals surface area contributed by atoms with E-state index < -0.39 is 22.7 Å². The molecule has 0 radical (unpaired) electrons. The number of halogens is 4. The minimum absolute atomic E-state index is 0.0996. The molecule has 2 aromatic heterocycles. The zero-order chi connectivity index (χ0) is 23.4. The normalized spacial score (nSPS) is 18.7. The summed E-state index contributed by atoms with van der Waals surface area (Å²) in [5.41, 5.74) is 0.754. The van der Waals surface area contributed by atoms with Crippen LogP contribution in [0, 0.1) is 5.92 Å². The van der Waals surface area contributed by atoms with Gasteiger partial charge in [-0.1, -0.05) is 23.7 Å². The fourth-order valence-electron chi connectivity index (χ4n) is 4.11. The zero-order valence-electron chi connectivity index (χ0n) is 17.6. The minimum Gasteiger partial charge on any atom is -0.370 e. The van der Waals surface area contributed by atoms with Crippen molar-refractivity contribution >= 4 is 23.3 Å². The fourth-order valence-corrected chi connectivity index (χ4v) is 4.43. The van der Waals surface area contributed by atoms with Crippen molar-refractivity contribution in [2.24, 2.45) is 5.92 Å². The Morgan fingerprint density at radius 3 is 2.61 bits per heavy atom. The van der Waals surface area contributed by atoms with Gasteiger partial charge in [-0.15, -0.1) is 0 Å². The zero-order valence-corrected chi connectivity index (χ0v) is 18.4. The summed E-state index contributed by atoms with van der Waals surface area (Å²) < 4.78 is 39.2. The van der Waals surface area contributed by atoms with Crippen LogP contribution in [-0.4, -0.2) is 33.7 Å². The Bertz CT molecular complexity index is 1090. The van der Waals surface area contributed by atoms with E-state index in [1.165, 1.54) is 12.1 Å². The number of anilines is 1. The molecule has 10 heteroatoms. The molecular formula is C23H23ClF3N5O. The second-order valence-electron chi connectivity index (χ2n) is 8.14. The van der Waals surface area contributed by atoms with Gasteiger partial charge in [0.25, 0.3) is 5.91 Å². The Morgan fingerprint density at radius 1 is 1.12 bits per heavy atom. The van der Waals surface area contributed by atoms with Gasteiger partial charge in [0.2, 0.25) is 0 Å². The van der Waals surface area contributed by atoms with E-state index in [1.54, 1.807) is 18.6 Å². The van der Waals surface area contributed by atoms with Crippen molar-refractivity contribution in [1.29, 1.82) is 0 Å². The monoisotopic (exact) mass is 477 g/mol. The highest BCUT2D eigenvalue weighted by molar-refractivity contribution is 6.34. The Kier molecular flexibility index (Phi) is 6.88. The molecule has 1 aromatic carbocycles. The van der Waals surface area contributed by atoms with Crippen molar-refractivity contribution in [2.75, 3.05) is 11.9 Å². The second kappa shape index (κ2) is 9.82. The number of alkyl halides is 3. The third-order valence-corrected chi connectivity index (χ3v) is 6.32. The van der Waals surface area contributed by atoms with Crippen LogP contribution >= 0.6 is 11.6 Å².